The smallest absolute Gasteiger partial charge is 0.415 e. The van der Waals surface area contributed by atoms with Gasteiger partial charge >= 0.3 is 12.1 Å². The van der Waals surface area contributed by atoms with Gasteiger partial charge < -0.3 is 9.84 Å². The number of carboxylic acid groups (broad SMARTS) is 1. The van der Waals surface area contributed by atoms with Gasteiger partial charge in [0.15, 0.2) is 0 Å². The lowest BCUT2D eigenvalue weighted by molar-refractivity contribution is -0.138. The summed E-state index contributed by atoms with van der Waals surface area (Å²) in [4.78, 5) is 28.9. The van der Waals surface area contributed by atoms with Crippen molar-refractivity contribution in [2.24, 2.45) is 5.41 Å². The number of ether oxygens (including phenoxy) is 1. The van der Waals surface area contributed by atoms with Gasteiger partial charge in [-0.15, -0.1) is 0 Å². The van der Waals surface area contributed by atoms with Crippen LogP contribution in [-0.4, -0.2) is 34.8 Å². The topological polar surface area (TPSA) is 79.7 Å². The molecule has 2 heterocycles. The maximum absolute atomic E-state index is 12.2. The van der Waals surface area contributed by atoms with Crippen LogP contribution in [-0.2, 0) is 16.0 Å². The minimum Gasteiger partial charge on any atom is -0.480 e. The second kappa shape index (κ2) is 5.71. The summed E-state index contributed by atoms with van der Waals surface area (Å²) in [6, 6.07) is 2.42. The molecule has 0 aliphatic carbocycles. The first-order valence-corrected chi connectivity index (χ1v) is 6.92. The molecule has 0 saturated carbocycles. The van der Waals surface area contributed by atoms with Gasteiger partial charge in [-0.05, 0) is 24.0 Å². The monoisotopic (exact) mass is 292 g/mol. The number of anilines is 1. The van der Waals surface area contributed by atoms with E-state index in [0.29, 0.717) is 17.8 Å². The molecule has 1 N–H and O–H groups in total. The maximum atomic E-state index is 12.2. The molecule has 2 rings (SSSR count). The largest absolute Gasteiger partial charge is 0.480 e. The third-order valence-electron chi connectivity index (χ3n) is 3.38. The van der Waals surface area contributed by atoms with Crippen LogP contribution in [0, 0.1) is 5.41 Å². The summed E-state index contributed by atoms with van der Waals surface area (Å²) < 4.78 is 5.24. The number of aromatic nitrogens is 1. The molecule has 0 radical (unpaired) electrons. The van der Waals surface area contributed by atoms with Gasteiger partial charge in [-0.3, -0.25) is 9.88 Å². The lowest BCUT2D eigenvalue weighted by Crippen LogP contribution is -2.43. The molecule has 0 spiro atoms. The third kappa shape index (κ3) is 3.51. The van der Waals surface area contributed by atoms with E-state index in [9.17, 15) is 14.7 Å². The molecule has 1 unspecified atom stereocenters. The molecule has 1 aliphatic heterocycles. The number of hydrogen-bond donors (Lipinski definition) is 1. The Morgan fingerprint density at radius 3 is 2.81 bits per heavy atom. The summed E-state index contributed by atoms with van der Waals surface area (Å²) in [5.41, 5.74) is 1.18. The molecule has 21 heavy (non-hydrogen) atoms. The van der Waals surface area contributed by atoms with Crippen LogP contribution in [0.2, 0.25) is 0 Å². The van der Waals surface area contributed by atoms with Crippen molar-refractivity contribution in [2.45, 2.75) is 39.7 Å². The molecule has 1 aliphatic rings. The lowest BCUT2D eigenvalue weighted by atomic mass is 9.93. The van der Waals surface area contributed by atoms with E-state index in [1.54, 1.807) is 18.3 Å². The fraction of sp³-hybridized carbons (Fsp3) is 0.533. The highest BCUT2D eigenvalue weighted by molar-refractivity contribution is 5.98. The second-order valence-corrected chi connectivity index (χ2v) is 6.32. The predicted octanol–water partition coefficient (Wildman–Crippen LogP) is 2.47. The Balaban J connectivity index is 2.11. The Bertz CT molecular complexity index is 551. The normalized spacial score (nSPS) is 17.5. The number of rotatable bonds is 3. The fourth-order valence-corrected chi connectivity index (χ4v) is 2.19. The lowest BCUT2D eigenvalue weighted by Gasteiger charge is -2.23. The highest BCUT2D eigenvalue weighted by Crippen LogP contribution is 2.31. The Hall–Kier alpha value is -2.11. The number of pyridine rings is 1. The minimum absolute atomic E-state index is 0.0525. The van der Waals surface area contributed by atoms with Crippen molar-refractivity contribution in [3.63, 3.8) is 0 Å². The number of aliphatic carboxylic acids is 1. The number of amides is 1. The average molecular weight is 292 g/mol. The van der Waals surface area contributed by atoms with Crippen LogP contribution in [0.5, 0.6) is 0 Å². The van der Waals surface area contributed by atoms with Gasteiger partial charge in [-0.1, -0.05) is 20.8 Å². The SMILES string of the molecule is CC(C)(C)CCOC(=O)N1c2cccnc2CC1C(=O)O. The van der Waals surface area contributed by atoms with Crippen molar-refractivity contribution in [1.29, 1.82) is 0 Å². The van der Waals surface area contributed by atoms with E-state index in [2.05, 4.69) is 25.8 Å². The van der Waals surface area contributed by atoms with Crippen LogP contribution in [0.15, 0.2) is 18.3 Å². The molecule has 1 aromatic rings. The van der Waals surface area contributed by atoms with E-state index in [4.69, 9.17) is 4.74 Å². The molecule has 114 valence electrons. The van der Waals surface area contributed by atoms with E-state index in [0.717, 1.165) is 0 Å². The summed E-state index contributed by atoms with van der Waals surface area (Å²) in [5.74, 6) is -1.05. The zero-order chi connectivity index (χ0) is 15.6. The zero-order valence-corrected chi connectivity index (χ0v) is 12.5. The van der Waals surface area contributed by atoms with Crippen LogP contribution < -0.4 is 4.90 Å². The zero-order valence-electron chi connectivity index (χ0n) is 12.5. The van der Waals surface area contributed by atoms with Crippen LogP contribution in [0.4, 0.5) is 10.5 Å². The van der Waals surface area contributed by atoms with E-state index >= 15 is 0 Å². The van der Waals surface area contributed by atoms with Gasteiger partial charge in [-0.2, -0.15) is 0 Å². The number of nitrogens with zero attached hydrogens (tertiary/aromatic N) is 2. The summed E-state index contributed by atoms with van der Waals surface area (Å²) >= 11 is 0. The molecule has 1 atom stereocenters. The van der Waals surface area contributed by atoms with Crippen LogP contribution in [0.3, 0.4) is 0 Å². The summed E-state index contributed by atoms with van der Waals surface area (Å²) in [6.45, 7) is 6.42. The molecule has 6 heteroatoms. The van der Waals surface area contributed by atoms with Crippen LogP contribution in [0.25, 0.3) is 0 Å². The van der Waals surface area contributed by atoms with Crippen molar-refractivity contribution in [1.82, 2.24) is 4.98 Å². The Morgan fingerprint density at radius 2 is 2.19 bits per heavy atom. The van der Waals surface area contributed by atoms with Crippen molar-refractivity contribution in [3.05, 3.63) is 24.0 Å². The first-order valence-electron chi connectivity index (χ1n) is 6.92. The first kappa shape index (κ1) is 15.3. The van der Waals surface area contributed by atoms with Gasteiger partial charge in [0.05, 0.1) is 18.0 Å². The number of hydrogen-bond acceptors (Lipinski definition) is 4. The van der Waals surface area contributed by atoms with Crippen molar-refractivity contribution < 1.29 is 19.4 Å². The summed E-state index contributed by atoms with van der Waals surface area (Å²) in [5, 5.41) is 9.28. The van der Waals surface area contributed by atoms with Gasteiger partial charge in [0.1, 0.15) is 6.04 Å². The molecule has 0 bridgehead atoms. The predicted molar refractivity (Wildman–Crippen MR) is 77.3 cm³/mol. The number of carbonyl (C=O) groups is 2. The highest BCUT2D eigenvalue weighted by atomic mass is 16.6. The van der Waals surface area contributed by atoms with Gasteiger partial charge in [0, 0.05) is 12.6 Å². The van der Waals surface area contributed by atoms with Gasteiger partial charge in [0.2, 0.25) is 0 Å². The maximum Gasteiger partial charge on any atom is 0.415 e. The molecular weight excluding hydrogens is 272 g/mol. The van der Waals surface area contributed by atoms with Gasteiger partial charge in [0.25, 0.3) is 0 Å². The molecule has 6 nitrogen and oxygen atoms in total. The number of carbonyl (C=O) groups excluding carboxylic acids is 1. The third-order valence-corrected chi connectivity index (χ3v) is 3.38. The Morgan fingerprint density at radius 1 is 1.48 bits per heavy atom. The van der Waals surface area contributed by atoms with E-state index in [1.165, 1.54) is 4.90 Å². The Kier molecular flexibility index (Phi) is 4.16. The van der Waals surface area contributed by atoms with Gasteiger partial charge in [-0.25, -0.2) is 9.59 Å². The standard InChI is InChI=1S/C15H20N2O4/c1-15(2,3)6-8-21-14(20)17-11-5-4-7-16-10(11)9-12(17)13(18)19/h4-5,7,12H,6,8-9H2,1-3H3,(H,18,19). The van der Waals surface area contributed by atoms with E-state index in [-0.39, 0.29) is 18.4 Å². The molecule has 1 aromatic heterocycles. The fourth-order valence-electron chi connectivity index (χ4n) is 2.19. The summed E-state index contributed by atoms with van der Waals surface area (Å²) in [7, 11) is 0. The first-order chi connectivity index (χ1) is 9.79. The Labute approximate surface area is 123 Å². The molecule has 0 saturated heterocycles. The number of fused-ring (bicyclic) bond motifs is 1. The summed E-state index contributed by atoms with van der Waals surface area (Å²) in [6.07, 6.45) is 1.88. The van der Waals surface area contributed by atoms with Crippen molar-refractivity contribution in [2.75, 3.05) is 11.5 Å². The molecule has 1 amide bonds. The minimum atomic E-state index is -1.05. The molecule has 0 aromatic carbocycles. The molecule has 0 fully saturated rings. The van der Waals surface area contributed by atoms with E-state index in [1.807, 2.05) is 0 Å². The van der Waals surface area contributed by atoms with Crippen LogP contribution in [0.1, 0.15) is 32.9 Å². The number of carboxylic acids is 1. The molecular formula is C15H20N2O4. The van der Waals surface area contributed by atoms with Crippen molar-refractivity contribution in [3.8, 4) is 0 Å². The average Bonchev–Trinajstić information content (AvgIpc) is 2.76. The van der Waals surface area contributed by atoms with Crippen LogP contribution >= 0.6 is 0 Å². The van der Waals surface area contributed by atoms with Crippen molar-refractivity contribution >= 4 is 17.7 Å². The quantitative estimate of drug-likeness (QED) is 0.925. The highest BCUT2D eigenvalue weighted by Gasteiger charge is 2.40. The van der Waals surface area contributed by atoms with E-state index < -0.39 is 18.1 Å². The second-order valence-electron chi connectivity index (χ2n) is 6.32.